The molecule has 9 rings (SSSR count). The van der Waals surface area contributed by atoms with Crippen molar-refractivity contribution in [1.82, 2.24) is 45.2 Å². The highest BCUT2D eigenvalue weighted by molar-refractivity contribution is 6.24. The molecule has 18 heteroatoms. The summed E-state index contributed by atoms with van der Waals surface area (Å²) in [6, 6.07) is 9.62. The Balaban J connectivity index is 0.652. The number of fused-ring (bicyclic) bond motifs is 4. The fourth-order valence-corrected chi connectivity index (χ4v) is 11.3. The maximum absolute atomic E-state index is 13.5. The predicted octanol–water partition coefficient (Wildman–Crippen LogP) is 8.15. The lowest BCUT2D eigenvalue weighted by Gasteiger charge is -2.39. The Hall–Kier alpha value is -6.43. The number of nitrogens with one attached hydrogen (secondary N) is 3. The van der Waals surface area contributed by atoms with Crippen LogP contribution in [0.2, 0.25) is 0 Å². The SMILES string of the molecule is CCC1c2nnc(C)n2-c2cnc(Nc3ccc(C(=O)NC4CCN(CCCCCCCCCCCOc5cccc6c5C(=O)N(C5CCC(=O)NC5=O)C6=O)CC4)cc3OC)nc2N1CC1CCCCC1. The van der Waals surface area contributed by atoms with E-state index in [1.54, 1.807) is 31.4 Å². The molecule has 2 unspecified atom stereocenters. The molecule has 0 bridgehead atoms. The summed E-state index contributed by atoms with van der Waals surface area (Å²) in [4.78, 5) is 79.7. The number of hydrogen-bond donors (Lipinski definition) is 3. The zero-order valence-electron chi connectivity index (χ0n) is 42.3. The number of imide groups is 2. The van der Waals surface area contributed by atoms with Gasteiger partial charge >= 0.3 is 0 Å². The lowest BCUT2D eigenvalue weighted by Crippen LogP contribution is -2.54. The van der Waals surface area contributed by atoms with Gasteiger partial charge in [0.05, 0.1) is 42.8 Å². The summed E-state index contributed by atoms with van der Waals surface area (Å²) in [5, 5.41) is 18.0. The number of piperidine rings is 2. The molecule has 3 fully saturated rings. The van der Waals surface area contributed by atoms with Crippen molar-refractivity contribution in [3.63, 3.8) is 0 Å². The molecule has 1 aliphatic carbocycles. The van der Waals surface area contributed by atoms with E-state index in [9.17, 15) is 24.0 Å². The van der Waals surface area contributed by atoms with Crippen LogP contribution in [0, 0.1) is 12.8 Å². The number of aromatic nitrogens is 5. The normalized spacial score (nSPS) is 19.5. The number of aryl methyl sites for hydroxylation is 1. The van der Waals surface area contributed by atoms with Gasteiger partial charge < -0.3 is 29.9 Å². The first kappa shape index (κ1) is 50.5. The summed E-state index contributed by atoms with van der Waals surface area (Å²) < 4.78 is 13.9. The van der Waals surface area contributed by atoms with Gasteiger partial charge in [-0.2, -0.15) is 4.98 Å². The van der Waals surface area contributed by atoms with E-state index in [0.717, 1.165) is 99.2 Å². The van der Waals surface area contributed by atoms with E-state index in [4.69, 9.17) is 19.4 Å². The molecule has 5 aliphatic rings. The third-order valence-corrected chi connectivity index (χ3v) is 15.3. The van der Waals surface area contributed by atoms with Crippen LogP contribution >= 0.6 is 0 Å². The Bertz CT molecular complexity index is 2600. The second kappa shape index (κ2) is 23.4. The number of methoxy groups -OCH3 is 1. The predicted molar refractivity (Wildman–Crippen MR) is 272 cm³/mol. The average molecular weight is 986 g/mol. The number of anilines is 3. The van der Waals surface area contributed by atoms with Gasteiger partial charge in [0, 0.05) is 37.7 Å². The smallest absolute Gasteiger partial charge is 0.266 e. The molecule has 2 atom stereocenters. The lowest BCUT2D eigenvalue weighted by atomic mass is 9.88. The minimum absolute atomic E-state index is 0.0672. The van der Waals surface area contributed by atoms with Gasteiger partial charge in [0.1, 0.15) is 29.1 Å². The van der Waals surface area contributed by atoms with Crippen molar-refractivity contribution in [3.8, 4) is 17.2 Å². The van der Waals surface area contributed by atoms with Crippen molar-refractivity contribution in [2.45, 2.75) is 154 Å². The number of carbonyl (C=O) groups excluding carboxylic acids is 5. The molecule has 6 heterocycles. The number of amides is 5. The molecule has 0 spiro atoms. The second-order valence-corrected chi connectivity index (χ2v) is 20.2. The summed E-state index contributed by atoms with van der Waals surface area (Å²) in [5.74, 6) is 2.39. The average Bonchev–Trinajstić information content (AvgIpc) is 3.90. The van der Waals surface area contributed by atoms with Crippen molar-refractivity contribution < 1.29 is 33.4 Å². The van der Waals surface area contributed by atoms with E-state index >= 15 is 0 Å². The standard InChI is InChI=1S/C54H71N11O7/c1-4-41-49-61-60-35(2)64(49)43-33-55-54(59-48(43)63(41)34-36-18-13-12-14-19-36)57-40-23-22-37(32-45(40)71-3)50(67)56-38-26-29-62(30-27-38)28-15-10-8-6-5-7-9-11-16-31-72-44-21-17-20-39-47(44)53(70)65(52(39)69)42-24-25-46(66)58-51(42)68/h17,20-23,32-33,36,38,41-42H,4-16,18-19,24-31,34H2,1-3H3,(H,56,67)(H,55,57,59)(H,58,66,68). The Morgan fingerprint density at radius 3 is 2.33 bits per heavy atom. The van der Waals surface area contributed by atoms with Gasteiger partial charge in [0.15, 0.2) is 11.6 Å². The molecule has 72 heavy (non-hydrogen) atoms. The third kappa shape index (κ3) is 11.3. The highest BCUT2D eigenvalue weighted by Gasteiger charge is 2.46. The molecule has 4 aliphatic heterocycles. The lowest BCUT2D eigenvalue weighted by molar-refractivity contribution is -0.136. The quantitative estimate of drug-likeness (QED) is 0.0502. The highest BCUT2D eigenvalue weighted by Crippen LogP contribution is 2.42. The van der Waals surface area contributed by atoms with Crippen molar-refractivity contribution in [3.05, 3.63) is 70.9 Å². The number of ether oxygens (including phenoxy) is 2. The molecule has 0 radical (unpaired) electrons. The molecule has 2 aromatic heterocycles. The van der Waals surface area contributed by atoms with Crippen LogP contribution < -0.4 is 30.3 Å². The minimum Gasteiger partial charge on any atom is -0.495 e. The Morgan fingerprint density at radius 1 is 0.847 bits per heavy atom. The Labute approximate surface area is 422 Å². The van der Waals surface area contributed by atoms with E-state index in [-0.39, 0.29) is 42.0 Å². The molecule has 384 valence electrons. The first-order valence-corrected chi connectivity index (χ1v) is 26.6. The molecule has 18 nitrogen and oxygen atoms in total. The van der Waals surface area contributed by atoms with Crippen LogP contribution in [0.25, 0.3) is 5.69 Å². The van der Waals surface area contributed by atoms with Gasteiger partial charge in [0.25, 0.3) is 17.7 Å². The fraction of sp³-hybridized carbons (Fsp3) is 0.574. The fourth-order valence-electron chi connectivity index (χ4n) is 11.3. The summed E-state index contributed by atoms with van der Waals surface area (Å²) in [5.41, 5.74) is 2.54. The number of carbonyl (C=O) groups is 5. The van der Waals surface area contributed by atoms with Gasteiger partial charge in [0.2, 0.25) is 17.8 Å². The number of benzene rings is 2. The second-order valence-electron chi connectivity index (χ2n) is 20.2. The van der Waals surface area contributed by atoms with Crippen LogP contribution in [-0.2, 0) is 9.59 Å². The van der Waals surface area contributed by atoms with Crippen LogP contribution in [-0.4, -0.2) is 116 Å². The molecule has 1 saturated carbocycles. The largest absolute Gasteiger partial charge is 0.495 e. The first-order valence-electron chi connectivity index (χ1n) is 26.6. The number of nitrogens with zero attached hydrogens (tertiary/aromatic N) is 8. The van der Waals surface area contributed by atoms with Crippen molar-refractivity contribution in [2.75, 3.05) is 50.1 Å². The minimum atomic E-state index is -1.000. The number of unbranched alkanes of at least 4 members (excludes halogenated alkanes) is 8. The van der Waals surface area contributed by atoms with Gasteiger partial charge in [-0.15, -0.1) is 10.2 Å². The van der Waals surface area contributed by atoms with Gasteiger partial charge in [-0.3, -0.25) is 38.8 Å². The zero-order valence-corrected chi connectivity index (χ0v) is 42.3. The molecule has 3 N–H and O–H groups in total. The summed E-state index contributed by atoms with van der Waals surface area (Å²) in [6.07, 6.45) is 21.2. The highest BCUT2D eigenvalue weighted by atomic mass is 16.5. The van der Waals surface area contributed by atoms with Gasteiger partial charge in [-0.1, -0.05) is 77.2 Å². The van der Waals surface area contributed by atoms with E-state index in [1.807, 2.05) is 25.3 Å². The van der Waals surface area contributed by atoms with Crippen molar-refractivity contribution >= 4 is 47.0 Å². The van der Waals surface area contributed by atoms with E-state index < -0.39 is 29.7 Å². The van der Waals surface area contributed by atoms with E-state index in [2.05, 4.69) is 47.4 Å². The van der Waals surface area contributed by atoms with Crippen LogP contribution in [0.4, 0.5) is 17.5 Å². The summed E-state index contributed by atoms with van der Waals surface area (Å²) >= 11 is 0. The molecular weight excluding hydrogens is 915 g/mol. The third-order valence-electron chi connectivity index (χ3n) is 15.3. The maximum atomic E-state index is 13.5. The van der Waals surface area contributed by atoms with Crippen molar-refractivity contribution in [1.29, 1.82) is 0 Å². The van der Waals surface area contributed by atoms with Crippen molar-refractivity contribution in [2.24, 2.45) is 5.92 Å². The monoisotopic (exact) mass is 986 g/mol. The Kier molecular flexibility index (Phi) is 16.4. The molecular formula is C54H71N11O7. The molecule has 2 aromatic carbocycles. The Morgan fingerprint density at radius 2 is 1.60 bits per heavy atom. The van der Waals surface area contributed by atoms with Crippen LogP contribution in [0.5, 0.6) is 11.5 Å². The van der Waals surface area contributed by atoms with E-state index in [1.165, 1.54) is 64.2 Å². The zero-order chi connectivity index (χ0) is 50.1. The summed E-state index contributed by atoms with van der Waals surface area (Å²) in [7, 11) is 1.61. The molecule has 5 amide bonds. The van der Waals surface area contributed by atoms with Crippen LogP contribution in [0.3, 0.4) is 0 Å². The maximum Gasteiger partial charge on any atom is 0.266 e. The summed E-state index contributed by atoms with van der Waals surface area (Å²) in [6.45, 7) is 8.55. The van der Waals surface area contributed by atoms with Gasteiger partial charge in [-0.05, 0) is 101 Å². The van der Waals surface area contributed by atoms with Crippen LogP contribution in [0.15, 0.2) is 42.6 Å². The van der Waals surface area contributed by atoms with Gasteiger partial charge in [-0.25, -0.2) is 4.98 Å². The molecule has 2 saturated heterocycles. The number of rotatable bonds is 22. The van der Waals surface area contributed by atoms with Crippen LogP contribution in [0.1, 0.15) is 178 Å². The number of hydrogen-bond acceptors (Lipinski definition) is 14. The topological polar surface area (TPSA) is 206 Å². The number of likely N-dealkylation sites (tertiary alicyclic amines) is 1. The van der Waals surface area contributed by atoms with E-state index in [0.29, 0.717) is 41.2 Å². The first-order chi connectivity index (χ1) is 35.1. The molecule has 4 aromatic rings.